The molecule has 2 atom stereocenters. The topological polar surface area (TPSA) is 64.8 Å². The van der Waals surface area contributed by atoms with E-state index in [-0.39, 0.29) is 28.6 Å². The van der Waals surface area contributed by atoms with E-state index >= 15 is 0 Å². The van der Waals surface area contributed by atoms with Gasteiger partial charge in [-0.1, -0.05) is 6.92 Å². The first-order chi connectivity index (χ1) is 13.0. The zero-order chi connectivity index (χ0) is 20.5. The lowest BCUT2D eigenvalue weighted by Crippen LogP contribution is -2.27. The predicted octanol–water partition coefficient (Wildman–Crippen LogP) is 4.18. The number of rotatable bonds is 5. The molecule has 10 heteroatoms. The molecule has 0 spiro atoms. The number of hydrogen-bond donors (Lipinski definition) is 0. The first kappa shape index (κ1) is 19.7. The third-order valence-corrected chi connectivity index (χ3v) is 7.97. The van der Waals surface area contributed by atoms with Crippen molar-refractivity contribution in [3.05, 3.63) is 29.7 Å². The van der Waals surface area contributed by atoms with Crippen LogP contribution in [0.25, 0.3) is 11.5 Å². The van der Waals surface area contributed by atoms with Crippen molar-refractivity contribution in [2.24, 2.45) is 7.05 Å². The van der Waals surface area contributed by atoms with Gasteiger partial charge in [0.25, 0.3) is 0 Å². The highest BCUT2D eigenvalue weighted by Gasteiger charge is 2.71. The quantitative estimate of drug-likeness (QED) is 0.663. The lowest BCUT2D eigenvalue weighted by molar-refractivity contribution is -0.139. The van der Waals surface area contributed by atoms with Crippen LogP contribution in [0.2, 0.25) is 0 Å². The fourth-order valence-corrected chi connectivity index (χ4v) is 4.85. The zero-order valence-corrected chi connectivity index (χ0v) is 16.9. The summed E-state index contributed by atoms with van der Waals surface area (Å²) in [6, 6.07) is 1.63. The molecule has 2 heterocycles. The van der Waals surface area contributed by atoms with Gasteiger partial charge in [0.15, 0.2) is 15.7 Å². The van der Waals surface area contributed by atoms with Crippen molar-refractivity contribution < 1.29 is 21.6 Å². The fraction of sp³-hybridized carbons (Fsp3) is 0.556. The molecule has 0 N–H and O–H groups in total. The number of sulfone groups is 1. The van der Waals surface area contributed by atoms with Crippen molar-refractivity contribution >= 4 is 21.4 Å². The molecule has 2 saturated carbocycles. The number of pyridine rings is 1. The molecule has 2 aliphatic rings. The molecule has 2 fully saturated rings. The molecule has 2 aromatic heterocycles. The van der Waals surface area contributed by atoms with Gasteiger partial charge < -0.3 is 4.57 Å². The van der Waals surface area contributed by atoms with Crippen LogP contribution in [0.4, 0.5) is 13.2 Å². The Hall–Kier alpha value is -1.61. The molecule has 2 unspecified atom stereocenters. The molecule has 2 aromatic rings. The molecule has 0 aromatic carbocycles. The standard InChI is InChI=1S/C18H19ClF3N3O2S/c1-3-28(26,27)14-6-11(10-4-5-10)8-23-15(14)16-24-9-13(25(16)2)12-7-17(12,19)18(20,21)22/h6,8-10,12H,3-5,7H2,1-2H3. The summed E-state index contributed by atoms with van der Waals surface area (Å²) in [7, 11) is -2.03. The molecular formula is C18H19ClF3N3O2S. The van der Waals surface area contributed by atoms with E-state index in [9.17, 15) is 21.6 Å². The number of halogens is 4. The van der Waals surface area contributed by atoms with E-state index in [0.29, 0.717) is 11.6 Å². The molecule has 0 bridgehead atoms. The van der Waals surface area contributed by atoms with Crippen molar-refractivity contribution in [3.63, 3.8) is 0 Å². The second kappa shape index (κ2) is 6.19. The van der Waals surface area contributed by atoms with Gasteiger partial charge in [0.1, 0.15) is 10.6 Å². The van der Waals surface area contributed by atoms with Crippen LogP contribution < -0.4 is 0 Å². The summed E-state index contributed by atoms with van der Waals surface area (Å²) in [5.74, 6) is -0.483. The van der Waals surface area contributed by atoms with Gasteiger partial charge in [0.05, 0.1) is 10.6 Å². The Bertz CT molecular complexity index is 1050. The van der Waals surface area contributed by atoms with Crippen LogP contribution >= 0.6 is 11.6 Å². The lowest BCUT2D eigenvalue weighted by atomic mass is 10.2. The van der Waals surface area contributed by atoms with Gasteiger partial charge in [-0.15, -0.1) is 11.6 Å². The van der Waals surface area contributed by atoms with E-state index in [0.717, 1.165) is 18.4 Å². The van der Waals surface area contributed by atoms with Crippen molar-refractivity contribution in [2.75, 3.05) is 5.75 Å². The van der Waals surface area contributed by atoms with Gasteiger partial charge in [0, 0.05) is 31.1 Å². The van der Waals surface area contributed by atoms with Crippen LogP contribution in [0.15, 0.2) is 23.4 Å². The van der Waals surface area contributed by atoms with Crippen molar-refractivity contribution in [1.29, 1.82) is 0 Å². The summed E-state index contributed by atoms with van der Waals surface area (Å²) < 4.78 is 66.2. The normalized spacial score (nSPS) is 25.1. The molecule has 0 aliphatic heterocycles. The molecule has 28 heavy (non-hydrogen) atoms. The Kier molecular flexibility index (Phi) is 4.36. The number of alkyl halides is 4. The maximum atomic E-state index is 13.2. The minimum atomic E-state index is -4.52. The minimum Gasteiger partial charge on any atom is -0.329 e. The highest BCUT2D eigenvalue weighted by atomic mass is 35.5. The summed E-state index contributed by atoms with van der Waals surface area (Å²) in [4.78, 5) is 6.33. The van der Waals surface area contributed by atoms with Crippen LogP contribution in [0.1, 0.15) is 49.3 Å². The largest absolute Gasteiger partial charge is 0.408 e. The third-order valence-electron chi connectivity index (χ3n) is 5.60. The summed E-state index contributed by atoms with van der Waals surface area (Å²) in [5.41, 5.74) is 1.34. The Morgan fingerprint density at radius 3 is 2.50 bits per heavy atom. The van der Waals surface area contributed by atoms with Crippen LogP contribution in [0.5, 0.6) is 0 Å². The number of hydrogen-bond acceptors (Lipinski definition) is 4. The highest BCUT2D eigenvalue weighted by Crippen LogP contribution is 2.64. The summed E-state index contributed by atoms with van der Waals surface area (Å²) in [5, 5.41) is 0. The van der Waals surface area contributed by atoms with Gasteiger partial charge in [-0.3, -0.25) is 4.98 Å². The second-order valence-corrected chi connectivity index (χ2v) is 10.4. The number of aromatic nitrogens is 3. The first-order valence-corrected chi connectivity index (χ1v) is 11.0. The van der Waals surface area contributed by atoms with E-state index in [1.165, 1.54) is 10.8 Å². The van der Waals surface area contributed by atoms with Crippen LogP contribution in [-0.4, -0.2) is 39.8 Å². The van der Waals surface area contributed by atoms with Crippen LogP contribution in [0.3, 0.4) is 0 Å². The predicted molar refractivity (Wildman–Crippen MR) is 98.1 cm³/mol. The summed E-state index contributed by atoms with van der Waals surface area (Å²) in [6.45, 7) is 1.54. The molecule has 4 rings (SSSR count). The van der Waals surface area contributed by atoms with Gasteiger partial charge >= 0.3 is 6.18 Å². The average molecular weight is 434 g/mol. The number of imidazole rings is 1. The molecule has 0 radical (unpaired) electrons. The smallest absolute Gasteiger partial charge is 0.329 e. The van der Waals surface area contributed by atoms with Gasteiger partial charge in [0.2, 0.25) is 0 Å². The maximum absolute atomic E-state index is 13.2. The molecule has 2 aliphatic carbocycles. The minimum absolute atomic E-state index is 0.0726. The van der Waals surface area contributed by atoms with E-state index in [2.05, 4.69) is 9.97 Å². The van der Waals surface area contributed by atoms with Crippen molar-refractivity contribution in [2.45, 2.75) is 54.0 Å². The molecule has 0 saturated heterocycles. The zero-order valence-electron chi connectivity index (χ0n) is 15.3. The number of nitrogens with zero attached hydrogens (tertiary/aromatic N) is 3. The summed E-state index contributed by atoms with van der Waals surface area (Å²) in [6.07, 6.45) is 0.200. The lowest BCUT2D eigenvalue weighted by Gasteiger charge is -2.14. The van der Waals surface area contributed by atoms with Gasteiger partial charge in [-0.05, 0) is 36.8 Å². The Morgan fingerprint density at radius 1 is 1.29 bits per heavy atom. The van der Waals surface area contributed by atoms with Gasteiger partial charge in [-0.25, -0.2) is 13.4 Å². The van der Waals surface area contributed by atoms with Crippen molar-refractivity contribution in [3.8, 4) is 11.5 Å². The Balaban J connectivity index is 1.78. The summed E-state index contributed by atoms with van der Waals surface area (Å²) >= 11 is 5.76. The Morgan fingerprint density at radius 2 is 1.96 bits per heavy atom. The van der Waals surface area contributed by atoms with Crippen LogP contribution in [-0.2, 0) is 16.9 Å². The van der Waals surface area contributed by atoms with E-state index in [1.54, 1.807) is 26.2 Å². The average Bonchev–Trinajstić information content (AvgIpc) is 3.54. The van der Waals surface area contributed by atoms with E-state index in [4.69, 9.17) is 11.6 Å². The highest BCUT2D eigenvalue weighted by molar-refractivity contribution is 7.91. The third kappa shape index (κ3) is 3.03. The molecule has 0 amide bonds. The van der Waals surface area contributed by atoms with Crippen LogP contribution in [0, 0.1) is 0 Å². The SMILES string of the molecule is CCS(=O)(=O)c1cc(C2CC2)cnc1-c1ncc(C2CC2(Cl)C(F)(F)F)n1C. The Labute approximate surface area is 165 Å². The first-order valence-electron chi connectivity index (χ1n) is 9.00. The van der Waals surface area contributed by atoms with Gasteiger partial charge in [-0.2, -0.15) is 13.2 Å². The van der Waals surface area contributed by atoms with Crippen molar-refractivity contribution in [1.82, 2.24) is 14.5 Å². The maximum Gasteiger partial charge on any atom is 0.408 e. The second-order valence-electron chi connectivity index (χ2n) is 7.48. The molecule has 5 nitrogen and oxygen atoms in total. The fourth-order valence-electron chi connectivity index (χ4n) is 3.52. The van der Waals surface area contributed by atoms with E-state index in [1.807, 2.05) is 0 Å². The molecular weight excluding hydrogens is 415 g/mol. The van der Waals surface area contributed by atoms with E-state index < -0.39 is 26.8 Å². The molecule has 152 valence electrons. The monoisotopic (exact) mass is 433 g/mol.